The van der Waals surface area contributed by atoms with Crippen molar-refractivity contribution in [3.8, 4) is 0 Å². The molecular formula is C10H10Cl2O4. The summed E-state index contributed by atoms with van der Waals surface area (Å²) in [6.45, 7) is 3.78. The Morgan fingerprint density at radius 2 is 1.19 bits per heavy atom. The van der Waals surface area contributed by atoms with Gasteiger partial charge in [-0.3, -0.25) is 9.59 Å². The van der Waals surface area contributed by atoms with Gasteiger partial charge in [-0.1, -0.05) is 23.2 Å². The zero-order valence-corrected chi connectivity index (χ0v) is 10.3. The molecule has 0 fully saturated rings. The molecule has 0 atom stereocenters. The van der Waals surface area contributed by atoms with Crippen LogP contribution in [0, 0.1) is 0 Å². The third-order valence-corrected chi connectivity index (χ3v) is 2.47. The normalized spacial score (nSPS) is 17.0. The summed E-state index contributed by atoms with van der Waals surface area (Å²) in [6.07, 6.45) is 0. The van der Waals surface area contributed by atoms with E-state index in [2.05, 4.69) is 0 Å². The highest BCUT2D eigenvalue weighted by Gasteiger charge is 2.35. The van der Waals surface area contributed by atoms with Crippen molar-refractivity contribution < 1.29 is 19.1 Å². The van der Waals surface area contributed by atoms with Crippen LogP contribution in [0.3, 0.4) is 0 Å². The molecule has 0 heterocycles. The van der Waals surface area contributed by atoms with Crippen molar-refractivity contribution in [3.05, 3.63) is 21.6 Å². The smallest absolute Gasteiger partial charge is 0.244 e. The Labute approximate surface area is 103 Å². The first-order chi connectivity index (χ1) is 7.54. The SMILES string of the molecule is CCOC1=C(Cl)C(=O)C(OCC)=C(Cl)C1=O. The lowest BCUT2D eigenvalue weighted by Crippen LogP contribution is -2.23. The molecule has 0 aromatic carbocycles. The summed E-state index contributed by atoms with van der Waals surface area (Å²) in [5, 5.41) is -0.584. The molecule has 0 aromatic rings. The van der Waals surface area contributed by atoms with Crippen molar-refractivity contribution in [2.45, 2.75) is 13.8 Å². The van der Waals surface area contributed by atoms with E-state index < -0.39 is 11.6 Å². The van der Waals surface area contributed by atoms with Crippen LogP contribution in [-0.2, 0) is 19.1 Å². The second kappa shape index (κ2) is 5.37. The van der Waals surface area contributed by atoms with E-state index in [1.807, 2.05) is 0 Å². The highest BCUT2D eigenvalue weighted by molar-refractivity contribution is 6.55. The number of halogens is 2. The van der Waals surface area contributed by atoms with Gasteiger partial charge in [0, 0.05) is 0 Å². The van der Waals surface area contributed by atoms with E-state index in [1.165, 1.54) is 0 Å². The van der Waals surface area contributed by atoms with Crippen LogP contribution >= 0.6 is 23.2 Å². The number of carbonyl (C=O) groups excluding carboxylic acids is 2. The Morgan fingerprint density at radius 1 is 0.875 bits per heavy atom. The van der Waals surface area contributed by atoms with E-state index in [-0.39, 0.29) is 34.8 Å². The van der Waals surface area contributed by atoms with Gasteiger partial charge >= 0.3 is 0 Å². The van der Waals surface area contributed by atoms with Gasteiger partial charge in [0.1, 0.15) is 10.1 Å². The molecule has 1 rings (SSSR count). The Morgan fingerprint density at radius 3 is 1.44 bits per heavy atom. The molecule has 1 aliphatic carbocycles. The first kappa shape index (κ1) is 13.1. The van der Waals surface area contributed by atoms with Crippen molar-refractivity contribution in [3.63, 3.8) is 0 Å². The molecule has 6 heteroatoms. The van der Waals surface area contributed by atoms with Gasteiger partial charge in [0.2, 0.25) is 11.6 Å². The number of allylic oxidation sites excluding steroid dienone is 2. The Kier molecular flexibility index (Phi) is 4.38. The van der Waals surface area contributed by atoms with Crippen LogP contribution in [0.5, 0.6) is 0 Å². The van der Waals surface area contributed by atoms with Gasteiger partial charge in [0.15, 0.2) is 11.5 Å². The molecule has 0 unspecified atom stereocenters. The van der Waals surface area contributed by atoms with Gasteiger partial charge in [0.25, 0.3) is 0 Å². The van der Waals surface area contributed by atoms with Crippen molar-refractivity contribution in [1.82, 2.24) is 0 Å². The highest BCUT2D eigenvalue weighted by Crippen LogP contribution is 2.30. The molecule has 0 bridgehead atoms. The summed E-state index contributed by atoms with van der Waals surface area (Å²) >= 11 is 11.4. The summed E-state index contributed by atoms with van der Waals surface area (Å²) in [5.41, 5.74) is 0. The summed E-state index contributed by atoms with van der Waals surface area (Å²) < 4.78 is 9.96. The maximum atomic E-state index is 11.7. The van der Waals surface area contributed by atoms with Crippen molar-refractivity contribution in [2.75, 3.05) is 13.2 Å². The van der Waals surface area contributed by atoms with Crippen molar-refractivity contribution in [2.24, 2.45) is 0 Å². The zero-order chi connectivity index (χ0) is 12.3. The fraction of sp³-hybridized carbons (Fsp3) is 0.400. The minimum atomic E-state index is -0.628. The lowest BCUT2D eigenvalue weighted by Gasteiger charge is -2.17. The van der Waals surface area contributed by atoms with Crippen LogP contribution in [0.15, 0.2) is 21.6 Å². The average Bonchev–Trinajstić information content (AvgIpc) is 2.28. The van der Waals surface area contributed by atoms with Crippen molar-refractivity contribution in [1.29, 1.82) is 0 Å². The zero-order valence-electron chi connectivity index (χ0n) is 8.80. The van der Waals surface area contributed by atoms with Crippen LogP contribution in [0.25, 0.3) is 0 Å². The maximum absolute atomic E-state index is 11.7. The molecule has 0 saturated heterocycles. The Hall–Kier alpha value is -1.00. The molecule has 0 aromatic heterocycles. The number of ketones is 2. The molecule has 0 saturated carbocycles. The van der Waals surface area contributed by atoms with E-state index in [9.17, 15) is 9.59 Å². The van der Waals surface area contributed by atoms with Gasteiger partial charge in [-0.2, -0.15) is 0 Å². The predicted molar refractivity (Wildman–Crippen MR) is 59.0 cm³/mol. The quantitative estimate of drug-likeness (QED) is 0.730. The van der Waals surface area contributed by atoms with Gasteiger partial charge < -0.3 is 9.47 Å². The van der Waals surface area contributed by atoms with Gasteiger partial charge in [-0.05, 0) is 13.8 Å². The van der Waals surface area contributed by atoms with Gasteiger partial charge in [-0.15, -0.1) is 0 Å². The number of ether oxygens (including phenoxy) is 2. The standard InChI is InChI=1S/C10H10Cl2O4/c1-3-15-9-5(11)8(14)10(16-4-2)6(12)7(9)13/h3-4H2,1-2H3. The number of Topliss-reactive ketones (excluding diaryl/α,β-unsaturated/α-hetero) is 2. The molecule has 0 N–H and O–H groups in total. The summed E-state index contributed by atoms with van der Waals surface area (Å²) in [4.78, 5) is 23.3. The molecule has 4 nitrogen and oxygen atoms in total. The van der Waals surface area contributed by atoms with Crippen LogP contribution < -0.4 is 0 Å². The van der Waals surface area contributed by atoms with E-state index in [0.717, 1.165) is 0 Å². The molecule has 0 aliphatic heterocycles. The number of carbonyl (C=O) groups is 2. The molecule has 0 spiro atoms. The molecule has 88 valence electrons. The van der Waals surface area contributed by atoms with Crippen molar-refractivity contribution >= 4 is 34.8 Å². The van der Waals surface area contributed by atoms with Gasteiger partial charge in [-0.25, -0.2) is 0 Å². The van der Waals surface area contributed by atoms with E-state index in [4.69, 9.17) is 32.7 Å². The largest absolute Gasteiger partial charge is 0.488 e. The topological polar surface area (TPSA) is 52.6 Å². The average molecular weight is 265 g/mol. The number of hydrogen-bond donors (Lipinski definition) is 0. The van der Waals surface area contributed by atoms with Crippen LogP contribution in [0.2, 0.25) is 0 Å². The molecule has 0 amide bonds. The van der Waals surface area contributed by atoms with E-state index in [1.54, 1.807) is 13.8 Å². The monoisotopic (exact) mass is 264 g/mol. The molecule has 16 heavy (non-hydrogen) atoms. The van der Waals surface area contributed by atoms with Crippen LogP contribution in [0.4, 0.5) is 0 Å². The van der Waals surface area contributed by atoms with Crippen LogP contribution in [-0.4, -0.2) is 24.8 Å². The molecular weight excluding hydrogens is 255 g/mol. The number of rotatable bonds is 4. The summed E-state index contributed by atoms with van der Waals surface area (Å²) in [6, 6.07) is 0. The minimum Gasteiger partial charge on any atom is -0.488 e. The number of hydrogen-bond acceptors (Lipinski definition) is 4. The Balaban J connectivity index is 3.15. The second-order valence-electron chi connectivity index (χ2n) is 2.81. The van der Waals surface area contributed by atoms with Gasteiger partial charge in [0.05, 0.1) is 13.2 Å². The fourth-order valence-corrected chi connectivity index (χ4v) is 1.60. The summed E-state index contributed by atoms with van der Waals surface area (Å²) in [7, 11) is 0. The molecule has 1 aliphatic rings. The highest BCUT2D eigenvalue weighted by atomic mass is 35.5. The fourth-order valence-electron chi connectivity index (χ4n) is 1.15. The van der Waals surface area contributed by atoms with E-state index in [0.29, 0.717) is 0 Å². The Bertz CT molecular complexity index is 358. The second-order valence-corrected chi connectivity index (χ2v) is 3.57. The van der Waals surface area contributed by atoms with E-state index >= 15 is 0 Å². The third-order valence-electron chi connectivity index (χ3n) is 1.79. The minimum absolute atomic E-state index is 0.220. The maximum Gasteiger partial charge on any atom is 0.244 e. The lowest BCUT2D eigenvalue weighted by molar-refractivity contribution is -0.120. The molecule has 0 radical (unpaired) electrons. The van der Waals surface area contributed by atoms with Crippen LogP contribution in [0.1, 0.15) is 13.8 Å². The first-order valence-corrected chi connectivity index (χ1v) is 5.44. The summed E-state index contributed by atoms with van der Waals surface area (Å²) in [5.74, 6) is -1.70. The first-order valence-electron chi connectivity index (χ1n) is 4.69. The third kappa shape index (κ3) is 2.23. The lowest BCUT2D eigenvalue weighted by atomic mass is 10.1. The predicted octanol–water partition coefficient (Wildman–Crippen LogP) is 2.11.